The zero-order chi connectivity index (χ0) is 15.4. The molecule has 2 aromatic rings. The average Bonchev–Trinajstić information content (AvgIpc) is 2.56. The van der Waals surface area contributed by atoms with E-state index in [1.165, 1.54) is 12.1 Å². The molecule has 0 bridgehead atoms. The summed E-state index contributed by atoms with van der Waals surface area (Å²) in [6.45, 7) is 0. The summed E-state index contributed by atoms with van der Waals surface area (Å²) in [6.07, 6.45) is 2.88. The maximum absolute atomic E-state index is 13.5. The van der Waals surface area contributed by atoms with E-state index in [-0.39, 0.29) is 5.82 Å². The van der Waals surface area contributed by atoms with Crippen LogP contribution in [0.15, 0.2) is 54.1 Å². The first kappa shape index (κ1) is 14.3. The quantitative estimate of drug-likeness (QED) is 0.604. The molecule has 2 aromatic carbocycles. The third-order valence-electron chi connectivity index (χ3n) is 3.82. The van der Waals surface area contributed by atoms with Crippen molar-refractivity contribution in [1.29, 1.82) is 0 Å². The number of carbonyl (C=O) groups is 1. The van der Waals surface area contributed by atoms with E-state index in [4.69, 9.17) is 0 Å². The number of aldehydes is 1. The van der Waals surface area contributed by atoms with Gasteiger partial charge >= 0.3 is 0 Å². The highest BCUT2D eigenvalue weighted by Crippen LogP contribution is 2.30. The Labute approximate surface area is 129 Å². The summed E-state index contributed by atoms with van der Waals surface area (Å²) < 4.78 is 13.5. The Hall–Kier alpha value is -2.66. The topological polar surface area (TPSA) is 17.1 Å². The second kappa shape index (κ2) is 6.41. The van der Waals surface area contributed by atoms with Gasteiger partial charge in [-0.3, -0.25) is 4.79 Å². The fourth-order valence-corrected chi connectivity index (χ4v) is 2.66. The molecule has 2 heteroatoms. The summed E-state index contributed by atoms with van der Waals surface area (Å²) in [5.74, 6) is 5.90. The Kier molecular flexibility index (Phi) is 4.16. The smallest absolute Gasteiger partial charge is 0.147 e. The Balaban J connectivity index is 1.95. The molecule has 0 aliphatic heterocycles. The number of fused-ring (bicyclic) bond motifs is 1. The number of rotatable bonds is 2. The lowest BCUT2D eigenvalue weighted by atomic mass is 9.86. The first-order valence-corrected chi connectivity index (χ1v) is 7.28. The molecule has 1 aliphatic rings. The minimum Gasteiger partial charge on any atom is -0.298 e. The first-order chi connectivity index (χ1) is 10.8. The highest BCUT2D eigenvalue weighted by Gasteiger charge is 2.17. The number of halogens is 1. The lowest BCUT2D eigenvalue weighted by molar-refractivity contribution is -0.105. The van der Waals surface area contributed by atoms with Crippen molar-refractivity contribution in [2.24, 2.45) is 0 Å². The van der Waals surface area contributed by atoms with Crippen molar-refractivity contribution in [2.45, 2.75) is 19.3 Å². The predicted molar refractivity (Wildman–Crippen MR) is 85.6 cm³/mol. The van der Waals surface area contributed by atoms with Crippen LogP contribution < -0.4 is 0 Å². The van der Waals surface area contributed by atoms with Gasteiger partial charge in [-0.25, -0.2) is 4.39 Å². The van der Waals surface area contributed by atoms with Gasteiger partial charge in [0.1, 0.15) is 12.1 Å². The molecule has 0 radical (unpaired) electrons. The molecule has 0 heterocycles. The van der Waals surface area contributed by atoms with Crippen molar-refractivity contribution in [3.05, 3.63) is 76.6 Å². The van der Waals surface area contributed by atoms with Crippen LogP contribution in [0, 0.1) is 17.7 Å². The Bertz CT molecular complexity index is 791. The summed E-state index contributed by atoms with van der Waals surface area (Å²) in [7, 11) is 0. The molecule has 0 saturated heterocycles. The molecule has 0 atom stereocenters. The fourth-order valence-electron chi connectivity index (χ4n) is 2.66. The van der Waals surface area contributed by atoms with E-state index < -0.39 is 0 Å². The Morgan fingerprint density at radius 1 is 1.09 bits per heavy atom. The van der Waals surface area contributed by atoms with Gasteiger partial charge in [0.15, 0.2) is 0 Å². The molecule has 0 N–H and O–H groups in total. The van der Waals surface area contributed by atoms with Crippen LogP contribution in [0.1, 0.15) is 23.1 Å². The van der Waals surface area contributed by atoms with Gasteiger partial charge in [-0.1, -0.05) is 48.2 Å². The van der Waals surface area contributed by atoms with Gasteiger partial charge in [-0.05, 0) is 41.7 Å². The van der Waals surface area contributed by atoms with Gasteiger partial charge in [0.25, 0.3) is 0 Å². The molecular formula is C20H15FO. The SMILES string of the molecule is O=CC1=C(C#CCc2ccccc2)c2cc(F)ccc2CC1. The van der Waals surface area contributed by atoms with E-state index in [9.17, 15) is 9.18 Å². The van der Waals surface area contributed by atoms with E-state index in [1.807, 2.05) is 30.3 Å². The molecule has 1 aliphatic carbocycles. The van der Waals surface area contributed by atoms with Crippen LogP contribution in [0.25, 0.3) is 5.57 Å². The van der Waals surface area contributed by atoms with Crippen molar-refractivity contribution in [3.8, 4) is 11.8 Å². The van der Waals surface area contributed by atoms with Gasteiger partial charge in [0.2, 0.25) is 0 Å². The van der Waals surface area contributed by atoms with Crippen LogP contribution in [0.3, 0.4) is 0 Å². The summed E-state index contributed by atoms with van der Waals surface area (Å²) >= 11 is 0. The molecule has 0 spiro atoms. The zero-order valence-electron chi connectivity index (χ0n) is 12.1. The van der Waals surface area contributed by atoms with E-state index in [2.05, 4.69) is 11.8 Å². The Morgan fingerprint density at radius 3 is 2.68 bits per heavy atom. The normalized spacial score (nSPS) is 13.1. The van der Waals surface area contributed by atoms with E-state index >= 15 is 0 Å². The van der Waals surface area contributed by atoms with Crippen LogP contribution in [0.5, 0.6) is 0 Å². The minimum absolute atomic E-state index is 0.298. The lowest BCUT2D eigenvalue weighted by Crippen LogP contribution is -2.06. The monoisotopic (exact) mass is 290 g/mol. The van der Waals surface area contributed by atoms with Crippen LogP contribution in [-0.2, 0) is 17.6 Å². The van der Waals surface area contributed by atoms with Crippen molar-refractivity contribution in [1.82, 2.24) is 0 Å². The highest BCUT2D eigenvalue weighted by molar-refractivity contribution is 5.96. The average molecular weight is 290 g/mol. The third-order valence-corrected chi connectivity index (χ3v) is 3.82. The fraction of sp³-hybridized carbons (Fsp3) is 0.150. The molecule has 0 fully saturated rings. The summed E-state index contributed by atoms with van der Waals surface area (Å²) in [5.41, 5.74) is 4.27. The van der Waals surface area contributed by atoms with Gasteiger partial charge in [-0.2, -0.15) is 0 Å². The molecule has 0 amide bonds. The van der Waals surface area contributed by atoms with Crippen molar-refractivity contribution in [3.63, 3.8) is 0 Å². The summed E-state index contributed by atoms with van der Waals surface area (Å²) in [4.78, 5) is 11.3. The van der Waals surface area contributed by atoms with E-state index in [0.717, 1.165) is 29.4 Å². The standard InChI is InChI=1S/C20H15FO/c21-18-12-11-16-9-10-17(14-22)19(20(16)13-18)8-4-7-15-5-2-1-3-6-15/h1-3,5-6,11-14H,7,9-10H2. The lowest BCUT2D eigenvalue weighted by Gasteiger charge is -2.17. The number of carbonyl (C=O) groups excluding carboxylic acids is 1. The second-order valence-corrected chi connectivity index (χ2v) is 5.28. The van der Waals surface area contributed by atoms with E-state index in [1.54, 1.807) is 6.07 Å². The molecule has 0 unspecified atom stereocenters. The third kappa shape index (κ3) is 2.99. The molecule has 0 saturated carbocycles. The molecule has 3 rings (SSSR count). The second-order valence-electron chi connectivity index (χ2n) is 5.28. The van der Waals surface area contributed by atoms with Gasteiger partial charge in [0.05, 0.1) is 0 Å². The van der Waals surface area contributed by atoms with Crippen LogP contribution >= 0.6 is 0 Å². The number of benzene rings is 2. The van der Waals surface area contributed by atoms with Crippen molar-refractivity contribution < 1.29 is 9.18 Å². The predicted octanol–water partition coefficient (Wildman–Crippen LogP) is 3.97. The van der Waals surface area contributed by atoms with Crippen molar-refractivity contribution in [2.75, 3.05) is 0 Å². The minimum atomic E-state index is -0.298. The van der Waals surface area contributed by atoms with Gasteiger partial charge in [-0.15, -0.1) is 0 Å². The maximum atomic E-state index is 13.5. The summed E-state index contributed by atoms with van der Waals surface area (Å²) in [6, 6.07) is 14.6. The molecular weight excluding hydrogens is 275 g/mol. The van der Waals surface area contributed by atoms with Gasteiger partial charge in [0, 0.05) is 17.6 Å². The van der Waals surface area contributed by atoms with Crippen LogP contribution in [-0.4, -0.2) is 6.29 Å². The molecule has 0 aromatic heterocycles. The Morgan fingerprint density at radius 2 is 1.91 bits per heavy atom. The largest absolute Gasteiger partial charge is 0.298 e. The maximum Gasteiger partial charge on any atom is 0.147 e. The molecule has 22 heavy (non-hydrogen) atoms. The first-order valence-electron chi connectivity index (χ1n) is 7.28. The van der Waals surface area contributed by atoms with Gasteiger partial charge < -0.3 is 0 Å². The van der Waals surface area contributed by atoms with Crippen LogP contribution in [0.4, 0.5) is 4.39 Å². The number of aryl methyl sites for hydroxylation is 1. The van der Waals surface area contributed by atoms with Crippen LogP contribution in [0.2, 0.25) is 0 Å². The number of hydrogen-bond donors (Lipinski definition) is 0. The molecule has 1 nitrogen and oxygen atoms in total. The zero-order valence-corrected chi connectivity index (χ0v) is 12.1. The summed E-state index contributed by atoms with van der Waals surface area (Å²) in [5, 5.41) is 0. The number of hydrogen-bond acceptors (Lipinski definition) is 1. The van der Waals surface area contributed by atoms with Crippen molar-refractivity contribution >= 4 is 11.9 Å². The highest BCUT2D eigenvalue weighted by atomic mass is 19.1. The molecule has 108 valence electrons. The van der Waals surface area contributed by atoms with E-state index in [0.29, 0.717) is 24.0 Å². The number of allylic oxidation sites excluding steroid dienone is 2.